The summed E-state index contributed by atoms with van der Waals surface area (Å²) in [6, 6.07) is 5.47. The van der Waals surface area contributed by atoms with Crippen molar-refractivity contribution in [2.75, 3.05) is 18.8 Å². The van der Waals surface area contributed by atoms with E-state index in [0.717, 1.165) is 30.2 Å². The normalized spacial score (nSPS) is 22.3. The van der Waals surface area contributed by atoms with Crippen LogP contribution >= 0.6 is 0 Å². The van der Waals surface area contributed by atoms with Crippen LogP contribution in [0.25, 0.3) is 10.9 Å². The van der Waals surface area contributed by atoms with Gasteiger partial charge in [0, 0.05) is 37.3 Å². The van der Waals surface area contributed by atoms with Gasteiger partial charge in [-0.15, -0.1) is 0 Å². The van der Waals surface area contributed by atoms with Crippen LogP contribution in [0.3, 0.4) is 0 Å². The summed E-state index contributed by atoms with van der Waals surface area (Å²) in [5.41, 5.74) is 1.35. The quantitative estimate of drug-likeness (QED) is 0.788. The summed E-state index contributed by atoms with van der Waals surface area (Å²) in [5.74, 6) is -0.0287. The molecule has 1 spiro atoms. The number of nitrogens with zero attached hydrogens (tertiary/aromatic N) is 3. The standard InChI is InChI=1S/C17H21N3O3S/c1-19-12-14-4-3-13(11-15(14)18-19)16(21)20-8-7-17(5-2-6-17)24(22,23)10-9-20/h3-4,11-12H,2,5-10H2,1H3. The molecule has 1 aromatic heterocycles. The van der Waals surface area contributed by atoms with Crippen molar-refractivity contribution < 1.29 is 13.2 Å². The summed E-state index contributed by atoms with van der Waals surface area (Å²) in [6.07, 6.45) is 4.94. The van der Waals surface area contributed by atoms with Crippen molar-refractivity contribution in [2.45, 2.75) is 30.4 Å². The van der Waals surface area contributed by atoms with Gasteiger partial charge in [-0.05, 0) is 31.4 Å². The van der Waals surface area contributed by atoms with Crippen molar-refractivity contribution in [3.05, 3.63) is 30.0 Å². The van der Waals surface area contributed by atoms with Gasteiger partial charge in [-0.3, -0.25) is 9.48 Å². The van der Waals surface area contributed by atoms with Crippen LogP contribution in [0.1, 0.15) is 36.0 Å². The first-order chi connectivity index (χ1) is 11.4. The first-order valence-electron chi connectivity index (χ1n) is 8.35. The predicted octanol–water partition coefficient (Wildman–Crippen LogP) is 1.76. The number of carbonyl (C=O) groups is 1. The Kier molecular flexibility index (Phi) is 3.46. The highest BCUT2D eigenvalue weighted by Gasteiger charge is 2.49. The lowest BCUT2D eigenvalue weighted by Crippen LogP contribution is -2.46. The second-order valence-electron chi connectivity index (χ2n) is 6.97. The van der Waals surface area contributed by atoms with Gasteiger partial charge >= 0.3 is 0 Å². The molecule has 1 aliphatic carbocycles. The first kappa shape index (κ1) is 15.6. The number of amides is 1. The summed E-state index contributed by atoms with van der Waals surface area (Å²) in [6.45, 7) is 0.793. The van der Waals surface area contributed by atoms with Crippen LogP contribution in [0.2, 0.25) is 0 Å². The zero-order chi connectivity index (χ0) is 16.9. The fraction of sp³-hybridized carbons (Fsp3) is 0.529. The Morgan fingerprint density at radius 3 is 2.71 bits per heavy atom. The molecule has 6 nitrogen and oxygen atoms in total. The highest BCUT2D eigenvalue weighted by molar-refractivity contribution is 7.92. The predicted molar refractivity (Wildman–Crippen MR) is 91.6 cm³/mol. The van der Waals surface area contributed by atoms with Crippen molar-refractivity contribution in [3.63, 3.8) is 0 Å². The van der Waals surface area contributed by atoms with Gasteiger partial charge in [-0.1, -0.05) is 12.5 Å². The fourth-order valence-corrected chi connectivity index (χ4v) is 6.05. The fourth-order valence-electron chi connectivity index (χ4n) is 3.84. The second kappa shape index (κ2) is 5.31. The van der Waals surface area contributed by atoms with E-state index in [1.54, 1.807) is 21.7 Å². The van der Waals surface area contributed by atoms with Gasteiger partial charge in [-0.2, -0.15) is 5.10 Å². The summed E-state index contributed by atoms with van der Waals surface area (Å²) >= 11 is 0. The van der Waals surface area contributed by atoms with Crippen LogP contribution < -0.4 is 0 Å². The lowest BCUT2D eigenvalue weighted by molar-refractivity contribution is 0.0759. The molecule has 24 heavy (non-hydrogen) atoms. The summed E-state index contributed by atoms with van der Waals surface area (Å²) in [5, 5.41) is 5.33. The number of rotatable bonds is 1. The second-order valence-corrected chi connectivity index (χ2v) is 9.48. The van der Waals surface area contributed by atoms with Gasteiger partial charge in [0.25, 0.3) is 5.91 Å². The molecule has 1 amide bonds. The van der Waals surface area contributed by atoms with E-state index >= 15 is 0 Å². The number of aromatic nitrogens is 2. The number of fused-ring (bicyclic) bond motifs is 1. The largest absolute Gasteiger partial charge is 0.338 e. The maximum Gasteiger partial charge on any atom is 0.253 e. The maximum atomic E-state index is 12.8. The number of sulfone groups is 1. The Bertz CT molecular complexity index is 912. The van der Waals surface area contributed by atoms with E-state index in [4.69, 9.17) is 0 Å². The molecule has 1 aliphatic heterocycles. The third kappa shape index (κ3) is 2.33. The van der Waals surface area contributed by atoms with Gasteiger partial charge < -0.3 is 4.90 Å². The summed E-state index contributed by atoms with van der Waals surface area (Å²) < 4.78 is 26.2. The van der Waals surface area contributed by atoms with Crippen LogP contribution in [0, 0.1) is 0 Å². The molecular weight excluding hydrogens is 326 g/mol. The zero-order valence-electron chi connectivity index (χ0n) is 13.7. The number of hydrogen-bond donors (Lipinski definition) is 0. The van der Waals surface area contributed by atoms with Crippen LogP contribution in [-0.4, -0.2) is 52.6 Å². The maximum absolute atomic E-state index is 12.8. The molecule has 1 saturated heterocycles. The average molecular weight is 347 g/mol. The molecule has 0 unspecified atom stereocenters. The number of hydrogen-bond acceptors (Lipinski definition) is 4. The lowest BCUT2D eigenvalue weighted by atomic mass is 9.81. The Labute approximate surface area is 141 Å². The van der Waals surface area contributed by atoms with Gasteiger partial charge in [0.05, 0.1) is 16.0 Å². The average Bonchev–Trinajstić information content (AvgIpc) is 2.79. The smallest absolute Gasteiger partial charge is 0.253 e. The Hall–Kier alpha value is -1.89. The van der Waals surface area contributed by atoms with Gasteiger partial charge in [0.15, 0.2) is 9.84 Å². The molecule has 1 aromatic carbocycles. The Balaban J connectivity index is 1.59. The van der Waals surface area contributed by atoms with Crippen LogP contribution in [0.4, 0.5) is 0 Å². The van der Waals surface area contributed by atoms with Crippen molar-refractivity contribution in [1.29, 1.82) is 0 Å². The molecular formula is C17H21N3O3S. The van der Waals surface area contributed by atoms with Crippen molar-refractivity contribution in [1.82, 2.24) is 14.7 Å². The molecule has 128 valence electrons. The Morgan fingerprint density at radius 2 is 2.00 bits per heavy atom. The third-order valence-electron chi connectivity index (χ3n) is 5.55. The molecule has 2 aliphatic rings. The van der Waals surface area contributed by atoms with Gasteiger partial charge in [0.1, 0.15) is 0 Å². The molecule has 1 saturated carbocycles. The topological polar surface area (TPSA) is 72.3 Å². The molecule has 7 heteroatoms. The van der Waals surface area contributed by atoms with Crippen molar-refractivity contribution >= 4 is 26.6 Å². The Morgan fingerprint density at radius 1 is 1.21 bits per heavy atom. The minimum Gasteiger partial charge on any atom is -0.338 e. The molecule has 0 N–H and O–H groups in total. The number of benzene rings is 1. The highest BCUT2D eigenvalue weighted by Crippen LogP contribution is 2.44. The van der Waals surface area contributed by atoms with Gasteiger partial charge in [-0.25, -0.2) is 8.42 Å². The lowest BCUT2D eigenvalue weighted by Gasteiger charge is -2.39. The van der Waals surface area contributed by atoms with Crippen LogP contribution in [0.5, 0.6) is 0 Å². The van der Waals surface area contributed by atoms with E-state index in [0.29, 0.717) is 18.5 Å². The van der Waals surface area contributed by atoms with Gasteiger partial charge in [0.2, 0.25) is 0 Å². The third-order valence-corrected chi connectivity index (χ3v) is 8.20. The van der Waals surface area contributed by atoms with E-state index in [-0.39, 0.29) is 18.2 Å². The molecule has 2 aromatic rings. The molecule has 0 bridgehead atoms. The van der Waals surface area contributed by atoms with Crippen LogP contribution in [-0.2, 0) is 16.9 Å². The molecule has 0 radical (unpaired) electrons. The highest BCUT2D eigenvalue weighted by atomic mass is 32.2. The van der Waals surface area contributed by atoms with Crippen molar-refractivity contribution in [3.8, 4) is 0 Å². The molecule has 0 atom stereocenters. The molecule has 2 fully saturated rings. The SMILES string of the molecule is Cn1cc2ccc(C(=O)N3CCC4(CCC4)S(=O)(=O)CC3)cc2n1. The van der Waals surface area contributed by atoms with E-state index in [1.807, 2.05) is 19.3 Å². The van der Waals surface area contributed by atoms with E-state index in [2.05, 4.69) is 5.10 Å². The van der Waals surface area contributed by atoms with E-state index in [9.17, 15) is 13.2 Å². The monoisotopic (exact) mass is 347 g/mol. The molecule has 2 heterocycles. The summed E-state index contributed by atoms with van der Waals surface area (Å²) in [7, 11) is -1.27. The first-order valence-corrected chi connectivity index (χ1v) is 10.0. The summed E-state index contributed by atoms with van der Waals surface area (Å²) in [4.78, 5) is 14.5. The zero-order valence-corrected chi connectivity index (χ0v) is 14.6. The van der Waals surface area contributed by atoms with Crippen molar-refractivity contribution in [2.24, 2.45) is 7.05 Å². The minimum absolute atomic E-state index is 0.0740. The minimum atomic E-state index is -3.11. The van der Waals surface area contributed by atoms with E-state index < -0.39 is 14.6 Å². The van der Waals surface area contributed by atoms with Crippen LogP contribution in [0.15, 0.2) is 24.4 Å². The van der Waals surface area contributed by atoms with E-state index in [1.165, 1.54) is 0 Å². The molecule has 4 rings (SSSR count). The number of aryl methyl sites for hydroxylation is 1. The number of carbonyl (C=O) groups excluding carboxylic acids is 1.